The monoisotopic (exact) mass is 431 g/mol. The van der Waals surface area contributed by atoms with Crippen LogP contribution in [-0.4, -0.2) is 82.6 Å². The number of rotatable bonds is 3. The zero-order valence-electron chi connectivity index (χ0n) is 17.5. The van der Waals surface area contributed by atoms with E-state index in [1.807, 2.05) is 22.6 Å². The topological polar surface area (TPSA) is 88.4 Å². The molecule has 8 nitrogen and oxygen atoms in total. The van der Waals surface area contributed by atoms with Gasteiger partial charge in [0.25, 0.3) is 5.91 Å². The van der Waals surface area contributed by atoms with Crippen molar-refractivity contribution in [2.75, 3.05) is 37.7 Å². The van der Waals surface area contributed by atoms with Crippen molar-refractivity contribution in [3.63, 3.8) is 0 Å². The minimum atomic E-state index is -2.89. The summed E-state index contributed by atoms with van der Waals surface area (Å²) in [6.45, 7) is 4.62. The Morgan fingerprint density at radius 1 is 1.07 bits per heavy atom. The van der Waals surface area contributed by atoms with Gasteiger partial charge in [-0.2, -0.15) is 5.10 Å². The lowest BCUT2D eigenvalue weighted by Gasteiger charge is -2.37. The van der Waals surface area contributed by atoms with Gasteiger partial charge in [-0.05, 0) is 32.3 Å². The second-order valence-corrected chi connectivity index (χ2v) is 11.2. The maximum atomic E-state index is 13.4. The summed E-state index contributed by atoms with van der Waals surface area (Å²) in [5.41, 5.74) is 2.33. The van der Waals surface area contributed by atoms with Crippen LogP contribution in [0.2, 0.25) is 0 Å². The molecule has 1 saturated carbocycles. The van der Waals surface area contributed by atoms with Crippen molar-refractivity contribution >= 4 is 26.8 Å². The highest BCUT2D eigenvalue weighted by atomic mass is 32.2. The molecule has 5 rings (SSSR count). The Morgan fingerprint density at radius 3 is 2.47 bits per heavy atom. The van der Waals surface area contributed by atoms with Crippen LogP contribution in [-0.2, 0) is 9.84 Å². The number of carbonyl (C=O) groups is 1. The van der Waals surface area contributed by atoms with Gasteiger partial charge in [-0.25, -0.2) is 18.1 Å². The van der Waals surface area contributed by atoms with Crippen LogP contribution in [0.3, 0.4) is 0 Å². The first kappa shape index (κ1) is 19.9. The fourth-order valence-electron chi connectivity index (χ4n) is 5.26. The Bertz CT molecular complexity index is 1070. The second-order valence-electron chi connectivity index (χ2n) is 8.96. The van der Waals surface area contributed by atoms with E-state index in [1.54, 1.807) is 6.20 Å². The van der Waals surface area contributed by atoms with E-state index in [9.17, 15) is 13.2 Å². The molecule has 30 heavy (non-hydrogen) atoms. The number of amides is 1. The summed E-state index contributed by atoms with van der Waals surface area (Å²) in [6.07, 6.45) is 7.18. The highest BCUT2D eigenvalue weighted by Gasteiger charge is 2.35. The number of hydrogen-bond donors (Lipinski definition) is 0. The molecule has 2 aromatic rings. The number of pyridine rings is 1. The number of aryl methyl sites for hydroxylation is 1. The molecule has 3 fully saturated rings. The largest absolute Gasteiger partial charge is 0.336 e. The van der Waals surface area contributed by atoms with Crippen LogP contribution in [0.1, 0.15) is 54.2 Å². The van der Waals surface area contributed by atoms with E-state index in [-0.39, 0.29) is 23.5 Å². The zero-order chi connectivity index (χ0) is 20.9. The van der Waals surface area contributed by atoms with Gasteiger partial charge in [-0.15, -0.1) is 0 Å². The Labute approximate surface area is 177 Å². The Morgan fingerprint density at radius 2 is 1.80 bits per heavy atom. The van der Waals surface area contributed by atoms with Crippen LogP contribution >= 0.6 is 0 Å². The van der Waals surface area contributed by atoms with Gasteiger partial charge in [-0.3, -0.25) is 9.69 Å². The molecule has 0 N–H and O–H groups in total. The number of hydrogen-bond acceptors (Lipinski definition) is 6. The normalized spacial score (nSPS) is 25.4. The summed E-state index contributed by atoms with van der Waals surface area (Å²) in [7, 11) is -2.89. The third-order valence-corrected chi connectivity index (χ3v) is 8.67. The van der Waals surface area contributed by atoms with Crippen LogP contribution in [0, 0.1) is 6.92 Å². The molecule has 9 heteroatoms. The van der Waals surface area contributed by atoms with E-state index in [0.717, 1.165) is 42.7 Å². The number of piperazine rings is 1. The molecule has 1 amide bonds. The van der Waals surface area contributed by atoms with Gasteiger partial charge in [0.05, 0.1) is 34.7 Å². The lowest BCUT2D eigenvalue weighted by atomic mass is 10.1. The number of nitrogens with zero attached hydrogens (tertiary/aromatic N) is 5. The van der Waals surface area contributed by atoms with Crippen LogP contribution in [0.4, 0.5) is 0 Å². The summed E-state index contributed by atoms with van der Waals surface area (Å²) in [4.78, 5) is 22.2. The molecular formula is C21H29N5O3S. The Hall–Kier alpha value is -2.00. The summed E-state index contributed by atoms with van der Waals surface area (Å²) >= 11 is 0. The van der Waals surface area contributed by atoms with Gasteiger partial charge in [0, 0.05) is 37.9 Å². The minimum Gasteiger partial charge on any atom is -0.336 e. The first-order valence-electron chi connectivity index (χ1n) is 11.0. The van der Waals surface area contributed by atoms with E-state index in [4.69, 9.17) is 4.98 Å². The number of fused-ring (bicyclic) bond motifs is 1. The van der Waals surface area contributed by atoms with E-state index in [1.165, 1.54) is 12.8 Å². The lowest BCUT2D eigenvalue weighted by molar-refractivity contribution is 0.0589. The highest BCUT2D eigenvalue weighted by Crippen LogP contribution is 2.32. The van der Waals surface area contributed by atoms with Gasteiger partial charge in [0.1, 0.15) is 0 Å². The van der Waals surface area contributed by atoms with Gasteiger partial charge in [-0.1, -0.05) is 12.8 Å². The highest BCUT2D eigenvalue weighted by molar-refractivity contribution is 7.91. The molecule has 0 spiro atoms. The molecule has 2 saturated heterocycles. The lowest BCUT2D eigenvalue weighted by Crippen LogP contribution is -2.52. The Kier molecular flexibility index (Phi) is 5.05. The number of sulfone groups is 1. The minimum absolute atomic E-state index is 0.0233. The fraction of sp³-hybridized carbons (Fsp3) is 0.667. The molecule has 2 aromatic heterocycles. The second kappa shape index (κ2) is 7.60. The predicted octanol–water partition coefficient (Wildman–Crippen LogP) is 1.80. The molecule has 1 aliphatic carbocycles. The van der Waals surface area contributed by atoms with E-state index in [0.29, 0.717) is 31.1 Å². The van der Waals surface area contributed by atoms with E-state index in [2.05, 4.69) is 10.00 Å². The summed E-state index contributed by atoms with van der Waals surface area (Å²) in [6, 6.07) is 2.36. The van der Waals surface area contributed by atoms with E-state index < -0.39 is 9.84 Å². The van der Waals surface area contributed by atoms with Crippen molar-refractivity contribution in [2.45, 2.75) is 51.1 Å². The predicted molar refractivity (Wildman–Crippen MR) is 114 cm³/mol. The van der Waals surface area contributed by atoms with Gasteiger partial charge < -0.3 is 4.90 Å². The maximum Gasteiger partial charge on any atom is 0.254 e. The maximum absolute atomic E-state index is 13.4. The summed E-state index contributed by atoms with van der Waals surface area (Å²) in [5.74, 6) is 0.566. The SMILES string of the molecule is Cc1cc(C(=O)N2CCN([C@H]3CCS(=O)(=O)C3)CC2)c2cnn(C3CCCC3)c2n1. The standard InChI is InChI=1S/C21H29N5O3S/c1-15-12-18(19-13-22-26(20(19)23-15)16-4-2-3-5-16)21(27)25-9-7-24(8-10-25)17-6-11-30(28,29)14-17/h12-13,16-17H,2-11,14H2,1H3/t17-/m0/s1. The van der Waals surface area contributed by atoms with Crippen molar-refractivity contribution in [1.29, 1.82) is 0 Å². The molecule has 0 aromatic carbocycles. The molecule has 0 unspecified atom stereocenters. The zero-order valence-corrected chi connectivity index (χ0v) is 18.3. The van der Waals surface area contributed by atoms with Crippen molar-refractivity contribution in [1.82, 2.24) is 24.6 Å². The van der Waals surface area contributed by atoms with Crippen LogP contribution < -0.4 is 0 Å². The molecule has 2 aliphatic heterocycles. The van der Waals surface area contributed by atoms with Crippen LogP contribution in [0.15, 0.2) is 12.3 Å². The van der Waals surface area contributed by atoms with Crippen LogP contribution in [0.5, 0.6) is 0 Å². The van der Waals surface area contributed by atoms with Gasteiger partial charge >= 0.3 is 0 Å². The summed E-state index contributed by atoms with van der Waals surface area (Å²) in [5, 5.41) is 5.44. The average molecular weight is 432 g/mol. The van der Waals surface area contributed by atoms with Gasteiger partial charge in [0.2, 0.25) is 0 Å². The smallest absolute Gasteiger partial charge is 0.254 e. The van der Waals surface area contributed by atoms with Gasteiger partial charge in [0.15, 0.2) is 15.5 Å². The molecular weight excluding hydrogens is 402 g/mol. The van der Waals surface area contributed by atoms with Crippen molar-refractivity contribution in [2.24, 2.45) is 0 Å². The number of carbonyl (C=O) groups excluding carboxylic acids is 1. The quantitative estimate of drug-likeness (QED) is 0.736. The van der Waals surface area contributed by atoms with Crippen molar-refractivity contribution in [3.05, 3.63) is 23.5 Å². The van der Waals surface area contributed by atoms with Crippen molar-refractivity contribution < 1.29 is 13.2 Å². The third-order valence-electron chi connectivity index (χ3n) is 6.92. The molecule has 4 heterocycles. The average Bonchev–Trinajstić information content (AvgIpc) is 3.46. The number of aromatic nitrogens is 3. The molecule has 0 radical (unpaired) electrons. The fourth-order valence-corrected chi connectivity index (χ4v) is 7.02. The van der Waals surface area contributed by atoms with Crippen LogP contribution in [0.25, 0.3) is 11.0 Å². The Balaban J connectivity index is 1.34. The van der Waals surface area contributed by atoms with Crippen molar-refractivity contribution in [3.8, 4) is 0 Å². The molecule has 1 atom stereocenters. The summed E-state index contributed by atoms with van der Waals surface area (Å²) < 4.78 is 25.6. The molecule has 3 aliphatic rings. The third kappa shape index (κ3) is 3.62. The first-order chi connectivity index (χ1) is 14.4. The molecule has 0 bridgehead atoms. The van der Waals surface area contributed by atoms with E-state index >= 15 is 0 Å². The first-order valence-corrected chi connectivity index (χ1v) is 12.8. The molecule has 162 valence electrons.